The van der Waals surface area contributed by atoms with Gasteiger partial charge in [-0.05, 0) is 43.4 Å². The Balaban J connectivity index is 1.90. The molecular weight excluding hydrogens is 262 g/mol. The molecule has 1 saturated carbocycles. The minimum Gasteiger partial charge on any atom is -0.381 e. The summed E-state index contributed by atoms with van der Waals surface area (Å²) in [7, 11) is 0. The van der Waals surface area contributed by atoms with Crippen LogP contribution >= 0.6 is 11.6 Å². The summed E-state index contributed by atoms with van der Waals surface area (Å²) in [5.41, 5.74) is 0.615. The third kappa shape index (κ3) is 2.63. The van der Waals surface area contributed by atoms with Gasteiger partial charge in [-0.1, -0.05) is 23.7 Å². The minimum absolute atomic E-state index is 0.153. The average molecular weight is 280 g/mol. The maximum atomic E-state index is 12.7. The normalized spacial score (nSPS) is 21.9. The van der Waals surface area contributed by atoms with Crippen molar-refractivity contribution in [3.63, 3.8) is 0 Å². The Kier molecular flexibility index (Phi) is 3.50. The summed E-state index contributed by atoms with van der Waals surface area (Å²) in [5, 5.41) is 3.85. The number of ether oxygens (including phenoxy) is 1. The van der Waals surface area contributed by atoms with Gasteiger partial charge in [0.25, 0.3) is 0 Å². The summed E-state index contributed by atoms with van der Waals surface area (Å²) < 4.78 is 5.43. The van der Waals surface area contributed by atoms with Crippen LogP contribution in [0, 0.1) is 0 Å². The number of hydrogen-bond acceptors (Lipinski definition) is 2. The van der Waals surface area contributed by atoms with Gasteiger partial charge in [0.1, 0.15) is 0 Å². The van der Waals surface area contributed by atoms with Crippen molar-refractivity contribution in [1.29, 1.82) is 0 Å². The Morgan fingerprint density at radius 3 is 2.42 bits per heavy atom. The maximum Gasteiger partial charge on any atom is 0.231 e. The van der Waals surface area contributed by atoms with Crippen LogP contribution < -0.4 is 5.32 Å². The van der Waals surface area contributed by atoms with Crippen molar-refractivity contribution in [2.45, 2.75) is 37.1 Å². The van der Waals surface area contributed by atoms with Gasteiger partial charge in [0.15, 0.2) is 0 Å². The molecule has 1 saturated heterocycles. The van der Waals surface area contributed by atoms with Gasteiger partial charge in [-0.25, -0.2) is 0 Å². The third-order valence-corrected chi connectivity index (χ3v) is 4.34. The molecular formula is C15H18ClNO2. The highest BCUT2D eigenvalue weighted by Gasteiger charge is 2.43. The summed E-state index contributed by atoms with van der Waals surface area (Å²) in [6.45, 7) is 1.28. The molecule has 0 unspecified atom stereocenters. The predicted molar refractivity (Wildman–Crippen MR) is 74.3 cm³/mol. The van der Waals surface area contributed by atoms with Crippen molar-refractivity contribution in [3.05, 3.63) is 34.9 Å². The number of hydrogen-bond donors (Lipinski definition) is 1. The van der Waals surface area contributed by atoms with Crippen LogP contribution in [0.1, 0.15) is 31.2 Å². The summed E-state index contributed by atoms with van der Waals surface area (Å²) in [4.78, 5) is 12.7. The molecule has 1 aliphatic heterocycles. The fourth-order valence-corrected chi connectivity index (χ4v) is 2.81. The van der Waals surface area contributed by atoms with Gasteiger partial charge in [-0.15, -0.1) is 0 Å². The monoisotopic (exact) mass is 279 g/mol. The number of rotatable bonds is 3. The maximum absolute atomic E-state index is 12.7. The summed E-state index contributed by atoms with van der Waals surface area (Å²) in [6, 6.07) is 8.05. The largest absolute Gasteiger partial charge is 0.381 e. The van der Waals surface area contributed by atoms with Crippen molar-refractivity contribution in [2.75, 3.05) is 13.2 Å². The van der Waals surface area contributed by atoms with Crippen molar-refractivity contribution < 1.29 is 9.53 Å². The Bertz CT molecular complexity index is 462. The number of carbonyl (C=O) groups is 1. The summed E-state index contributed by atoms with van der Waals surface area (Å²) in [5.74, 6) is 0.153. The standard InChI is InChI=1S/C15H18ClNO2/c16-12-3-1-11(2-4-12)15(7-9-19-10-8-15)14(18)17-13-5-6-13/h1-4,13H,5-10H2,(H,17,18). The first-order valence-electron chi connectivity index (χ1n) is 6.85. The molecule has 1 aromatic rings. The second kappa shape index (κ2) is 5.14. The van der Waals surface area contributed by atoms with E-state index in [4.69, 9.17) is 16.3 Å². The average Bonchev–Trinajstić information content (AvgIpc) is 3.24. The SMILES string of the molecule is O=C(NC1CC1)C1(c2ccc(Cl)cc2)CCOCC1. The molecule has 2 aliphatic rings. The van der Waals surface area contributed by atoms with Crippen molar-refractivity contribution in [3.8, 4) is 0 Å². The van der Waals surface area contributed by atoms with E-state index in [-0.39, 0.29) is 5.91 Å². The number of amides is 1. The molecule has 4 heteroatoms. The van der Waals surface area contributed by atoms with Gasteiger partial charge in [0, 0.05) is 24.3 Å². The van der Waals surface area contributed by atoms with Crippen LogP contribution in [0.5, 0.6) is 0 Å². The zero-order valence-corrected chi connectivity index (χ0v) is 11.6. The first-order valence-corrected chi connectivity index (χ1v) is 7.23. The van der Waals surface area contributed by atoms with E-state index in [1.165, 1.54) is 0 Å². The van der Waals surface area contributed by atoms with Crippen LogP contribution in [-0.2, 0) is 14.9 Å². The van der Waals surface area contributed by atoms with Crippen molar-refractivity contribution in [1.82, 2.24) is 5.32 Å². The van der Waals surface area contributed by atoms with Crippen LogP contribution in [0.15, 0.2) is 24.3 Å². The summed E-state index contributed by atoms with van der Waals surface area (Å²) in [6.07, 6.45) is 3.71. The van der Waals surface area contributed by atoms with Crippen molar-refractivity contribution in [2.24, 2.45) is 0 Å². The first-order chi connectivity index (χ1) is 9.21. The molecule has 2 fully saturated rings. The van der Waals surface area contributed by atoms with E-state index in [0.717, 1.165) is 31.2 Å². The van der Waals surface area contributed by atoms with E-state index < -0.39 is 5.41 Å². The van der Waals surface area contributed by atoms with E-state index in [0.29, 0.717) is 24.3 Å². The zero-order chi connectivity index (χ0) is 13.3. The van der Waals surface area contributed by atoms with Crippen LogP contribution in [0.4, 0.5) is 0 Å². The topological polar surface area (TPSA) is 38.3 Å². The molecule has 0 bridgehead atoms. The van der Waals surface area contributed by atoms with E-state index in [9.17, 15) is 4.79 Å². The third-order valence-electron chi connectivity index (χ3n) is 4.09. The second-order valence-corrected chi connectivity index (χ2v) is 5.89. The van der Waals surface area contributed by atoms with E-state index in [1.807, 2.05) is 24.3 Å². The summed E-state index contributed by atoms with van der Waals surface area (Å²) >= 11 is 5.94. The lowest BCUT2D eigenvalue weighted by molar-refractivity contribution is -0.130. The quantitative estimate of drug-likeness (QED) is 0.924. The molecule has 1 amide bonds. The minimum atomic E-state index is -0.439. The van der Waals surface area contributed by atoms with E-state index >= 15 is 0 Å². The molecule has 102 valence electrons. The molecule has 0 atom stereocenters. The Hall–Kier alpha value is -1.06. The Morgan fingerprint density at radius 2 is 1.84 bits per heavy atom. The van der Waals surface area contributed by atoms with Gasteiger partial charge in [0.05, 0.1) is 5.41 Å². The van der Waals surface area contributed by atoms with Crippen molar-refractivity contribution >= 4 is 17.5 Å². The second-order valence-electron chi connectivity index (χ2n) is 5.45. The molecule has 3 rings (SSSR count). The fraction of sp³-hybridized carbons (Fsp3) is 0.533. The van der Waals surface area contributed by atoms with Crippen LogP contribution in [0.25, 0.3) is 0 Å². The number of nitrogens with one attached hydrogen (secondary N) is 1. The molecule has 0 spiro atoms. The highest BCUT2D eigenvalue weighted by Crippen LogP contribution is 2.36. The molecule has 19 heavy (non-hydrogen) atoms. The highest BCUT2D eigenvalue weighted by molar-refractivity contribution is 6.30. The molecule has 3 nitrogen and oxygen atoms in total. The lowest BCUT2D eigenvalue weighted by Gasteiger charge is -2.36. The molecule has 1 aliphatic carbocycles. The van der Waals surface area contributed by atoms with Crippen LogP contribution in [0.2, 0.25) is 5.02 Å². The first kappa shape index (κ1) is 12.9. The van der Waals surface area contributed by atoms with E-state index in [2.05, 4.69) is 5.32 Å². The fourth-order valence-electron chi connectivity index (χ4n) is 2.69. The lowest BCUT2D eigenvalue weighted by Crippen LogP contribution is -2.48. The Morgan fingerprint density at radius 1 is 1.21 bits per heavy atom. The van der Waals surface area contributed by atoms with Gasteiger partial charge >= 0.3 is 0 Å². The number of carbonyl (C=O) groups excluding carboxylic acids is 1. The van der Waals surface area contributed by atoms with Gasteiger partial charge in [-0.2, -0.15) is 0 Å². The van der Waals surface area contributed by atoms with Gasteiger partial charge in [0.2, 0.25) is 5.91 Å². The lowest BCUT2D eigenvalue weighted by atomic mass is 9.73. The smallest absolute Gasteiger partial charge is 0.231 e. The predicted octanol–water partition coefficient (Wildman–Crippen LogP) is 2.67. The Labute approximate surface area is 118 Å². The molecule has 1 heterocycles. The molecule has 1 N–H and O–H groups in total. The van der Waals surface area contributed by atoms with E-state index in [1.54, 1.807) is 0 Å². The van der Waals surface area contributed by atoms with Gasteiger partial charge < -0.3 is 10.1 Å². The molecule has 0 radical (unpaired) electrons. The van der Waals surface area contributed by atoms with Gasteiger partial charge in [-0.3, -0.25) is 4.79 Å². The number of benzene rings is 1. The number of halogens is 1. The van der Waals surface area contributed by atoms with Crippen LogP contribution in [-0.4, -0.2) is 25.2 Å². The molecule has 1 aromatic carbocycles. The zero-order valence-electron chi connectivity index (χ0n) is 10.8. The highest BCUT2D eigenvalue weighted by atomic mass is 35.5. The van der Waals surface area contributed by atoms with Crippen LogP contribution in [0.3, 0.4) is 0 Å². The molecule has 0 aromatic heterocycles.